The van der Waals surface area contributed by atoms with E-state index in [0.29, 0.717) is 10.7 Å². The van der Waals surface area contributed by atoms with Crippen molar-refractivity contribution in [3.8, 4) is 0 Å². The van der Waals surface area contributed by atoms with Crippen molar-refractivity contribution in [2.24, 2.45) is 0 Å². The van der Waals surface area contributed by atoms with E-state index >= 15 is 0 Å². The molecular weight excluding hydrogens is 312 g/mol. The van der Waals surface area contributed by atoms with Crippen molar-refractivity contribution in [1.29, 1.82) is 0 Å². The van der Waals surface area contributed by atoms with Crippen LogP contribution in [0.4, 0.5) is 0 Å². The number of nitrogens with zero attached hydrogens (tertiary/aromatic N) is 2. The average Bonchev–Trinajstić information content (AvgIpc) is 2.29. The topological polar surface area (TPSA) is 33.2 Å². The number of pyridine rings is 1. The summed E-state index contributed by atoms with van der Waals surface area (Å²) in [7, 11) is 0. The van der Waals surface area contributed by atoms with E-state index in [2.05, 4.69) is 20.9 Å². The lowest BCUT2D eigenvalue weighted by Crippen LogP contribution is -2.38. The maximum absolute atomic E-state index is 12.1. The van der Waals surface area contributed by atoms with Gasteiger partial charge in [-0.05, 0) is 22.0 Å². The number of hydrogen-bond acceptors (Lipinski definition) is 3. The highest BCUT2D eigenvalue weighted by Crippen LogP contribution is 2.21. The summed E-state index contributed by atoms with van der Waals surface area (Å²) < 4.78 is 0.781. The fourth-order valence-electron chi connectivity index (χ4n) is 1.49. The molecule has 1 aromatic rings. The Morgan fingerprint density at radius 2 is 2.19 bits per heavy atom. The molecule has 86 valence electrons. The summed E-state index contributed by atoms with van der Waals surface area (Å²) in [5.74, 6) is 1.90. The Balaban J connectivity index is 2.19. The van der Waals surface area contributed by atoms with Crippen molar-refractivity contribution in [3.05, 3.63) is 27.5 Å². The van der Waals surface area contributed by atoms with E-state index in [4.69, 9.17) is 11.6 Å². The minimum absolute atomic E-state index is 0.0715. The van der Waals surface area contributed by atoms with Gasteiger partial charge >= 0.3 is 0 Å². The Kier molecular flexibility index (Phi) is 4.10. The van der Waals surface area contributed by atoms with Crippen LogP contribution < -0.4 is 0 Å². The van der Waals surface area contributed by atoms with Gasteiger partial charge in [0.1, 0.15) is 5.69 Å². The predicted octanol–water partition coefficient (Wildman–Crippen LogP) is 2.69. The van der Waals surface area contributed by atoms with Crippen LogP contribution in [0.5, 0.6) is 0 Å². The first kappa shape index (κ1) is 12.2. The van der Waals surface area contributed by atoms with Gasteiger partial charge in [0.05, 0.1) is 5.02 Å². The number of thioether (sulfide) groups is 1. The van der Waals surface area contributed by atoms with Crippen molar-refractivity contribution < 1.29 is 4.79 Å². The minimum atomic E-state index is -0.0715. The lowest BCUT2D eigenvalue weighted by atomic mass is 10.3. The van der Waals surface area contributed by atoms with Crippen LogP contribution in [-0.4, -0.2) is 40.4 Å². The highest BCUT2D eigenvalue weighted by Gasteiger charge is 2.21. The fourth-order valence-corrected chi connectivity index (χ4v) is 3.10. The molecule has 0 saturated carbocycles. The van der Waals surface area contributed by atoms with E-state index in [1.807, 2.05) is 11.8 Å². The molecule has 1 amide bonds. The first-order valence-electron chi connectivity index (χ1n) is 4.86. The third-order valence-corrected chi connectivity index (χ3v) is 3.97. The molecule has 16 heavy (non-hydrogen) atoms. The number of carbonyl (C=O) groups is 1. The van der Waals surface area contributed by atoms with E-state index < -0.39 is 0 Å². The van der Waals surface area contributed by atoms with Gasteiger partial charge in [-0.15, -0.1) is 0 Å². The van der Waals surface area contributed by atoms with E-state index in [1.165, 1.54) is 0 Å². The molecule has 1 aromatic heterocycles. The Labute approximate surface area is 112 Å². The standard InChI is InChI=1S/C10H10BrClN2OS/c11-7-5-8(12)9(13-6-7)10(15)14-1-3-16-4-2-14/h5-6H,1-4H2. The van der Waals surface area contributed by atoms with Crippen LogP contribution in [0.1, 0.15) is 10.5 Å². The van der Waals surface area contributed by atoms with Crippen LogP contribution in [0.15, 0.2) is 16.7 Å². The van der Waals surface area contributed by atoms with E-state index in [1.54, 1.807) is 17.2 Å². The van der Waals surface area contributed by atoms with Crippen LogP contribution in [0, 0.1) is 0 Å². The molecule has 0 aromatic carbocycles. The highest BCUT2D eigenvalue weighted by atomic mass is 79.9. The van der Waals surface area contributed by atoms with Gasteiger partial charge in [0.25, 0.3) is 5.91 Å². The Morgan fingerprint density at radius 1 is 1.50 bits per heavy atom. The molecule has 0 N–H and O–H groups in total. The first-order chi connectivity index (χ1) is 7.68. The molecule has 0 unspecified atom stereocenters. The molecule has 2 heterocycles. The molecule has 0 spiro atoms. The summed E-state index contributed by atoms with van der Waals surface area (Å²) in [5, 5.41) is 0.401. The largest absolute Gasteiger partial charge is 0.336 e. The summed E-state index contributed by atoms with van der Waals surface area (Å²) >= 11 is 11.1. The van der Waals surface area contributed by atoms with Gasteiger partial charge in [0, 0.05) is 35.3 Å². The summed E-state index contributed by atoms with van der Waals surface area (Å²) in [6.07, 6.45) is 1.60. The number of carbonyl (C=O) groups excluding carboxylic acids is 1. The second-order valence-corrected chi connectivity index (χ2v) is 5.94. The second-order valence-electron chi connectivity index (χ2n) is 3.39. The van der Waals surface area contributed by atoms with Crippen LogP contribution >= 0.6 is 39.3 Å². The zero-order chi connectivity index (χ0) is 11.5. The van der Waals surface area contributed by atoms with Gasteiger partial charge in [-0.2, -0.15) is 11.8 Å². The third kappa shape index (κ3) is 2.70. The lowest BCUT2D eigenvalue weighted by Gasteiger charge is -2.26. The van der Waals surface area contributed by atoms with Gasteiger partial charge in [0.2, 0.25) is 0 Å². The van der Waals surface area contributed by atoms with Crippen molar-refractivity contribution in [2.75, 3.05) is 24.6 Å². The predicted molar refractivity (Wildman–Crippen MR) is 70.2 cm³/mol. The number of halogens is 2. The molecule has 0 atom stereocenters. The molecule has 3 nitrogen and oxygen atoms in total. The highest BCUT2D eigenvalue weighted by molar-refractivity contribution is 9.10. The van der Waals surface area contributed by atoms with Crippen molar-refractivity contribution >= 4 is 45.2 Å². The molecule has 1 aliphatic heterocycles. The van der Waals surface area contributed by atoms with E-state index in [-0.39, 0.29) is 5.91 Å². The van der Waals surface area contributed by atoms with E-state index in [9.17, 15) is 4.79 Å². The molecular formula is C10H10BrClN2OS. The summed E-state index contributed by atoms with van der Waals surface area (Å²) in [6, 6.07) is 1.69. The van der Waals surface area contributed by atoms with Crippen molar-refractivity contribution in [3.63, 3.8) is 0 Å². The van der Waals surface area contributed by atoms with E-state index in [0.717, 1.165) is 29.1 Å². The molecule has 1 saturated heterocycles. The smallest absolute Gasteiger partial charge is 0.274 e. The van der Waals surface area contributed by atoms with Crippen molar-refractivity contribution in [2.45, 2.75) is 0 Å². The van der Waals surface area contributed by atoms with Crippen molar-refractivity contribution in [1.82, 2.24) is 9.88 Å². The SMILES string of the molecule is O=C(c1ncc(Br)cc1Cl)N1CCSCC1. The normalized spacial score (nSPS) is 16.2. The maximum atomic E-state index is 12.1. The van der Waals surface area contributed by atoms with Gasteiger partial charge in [0.15, 0.2) is 0 Å². The molecule has 2 rings (SSSR count). The first-order valence-corrected chi connectivity index (χ1v) is 7.19. The van der Waals surface area contributed by atoms with Gasteiger partial charge in [-0.1, -0.05) is 11.6 Å². The van der Waals surface area contributed by atoms with Crippen LogP contribution in [-0.2, 0) is 0 Å². The molecule has 0 bridgehead atoms. The zero-order valence-electron chi connectivity index (χ0n) is 8.45. The fraction of sp³-hybridized carbons (Fsp3) is 0.400. The summed E-state index contributed by atoms with van der Waals surface area (Å²) in [4.78, 5) is 18.0. The zero-order valence-corrected chi connectivity index (χ0v) is 11.6. The third-order valence-electron chi connectivity index (χ3n) is 2.31. The molecule has 6 heteroatoms. The number of amides is 1. The Hall–Kier alpha value is -0.260. The number of rotatable bonds is 1. The molecule has 0 radical (unpaired) electrons. The number of hydrogen-bond donors (Lipinski definition) is 0. The average molecular weight is 322 g/mol. The number of aromatic nitrogens is 1. The second kappa shape index (κ2) is 5.38. The Bertz CT molecular complexity index is 410. The Morgan fingerprint density at radius 3 is 2.81 bits per heavy atom. The molecule has 1 aliphatic rings. The summed E-state index contributed by atoms with van der Waals surface area (Å²) in [6.45, 7) is 1.55. The monoisotopic (exact) mass is 320 g/mol. The van der Waals surface area contributed by atoms with Gasteiger partial charge in [-0.25, -0.2) is 4.98 Å². The van der Waals surface area contributed by atoms with Gasteiger partial charge in [-0.3, -0.25) is 4.79 Å². The van der Waals surface area contributed by atoms with Crippen LogP contribution in [0.2, 0.25) is 5.02 Å². The van der Waals surface area contributed by atoms with Gasteiger partial charge < -0.3 is 4.90 Å². The lowest BCUT2D eigenvalue weighted by molar-refractivity contribution is 0.0766. The quantitative estimate of drug-likeness (QED) is 0.797. The summed E-state index contributed by atoms with van der Waals surface area (Å²) in [5.41, 5.74) is 0.344. The minimum Gasteiger partial charge on any atom is -0.336 e. The molecule has 0 aliphatic carbocycles. The van der Waals surface area contributed by atoms with Crippen LogP contribution in [0.3, 0.4) is 0 Å². The maximum Gasteiger partial charge on any atom is 0.274 e. The van der Waals surface area contributed by atoms with Crippen LogP contribution in [0.25, 0.3) is 0 Å². The molecule has 1 fully saturated rings.